The first kappa shape index (κ1) is 9.64. The van der Waals surface area contributed by atoms with Crippen LogP contribution in [0.25, 0.3) is 0 Å². The van der Waals surface area contributed by atoms with E-state index < -0.39 is 23.0 Å². The van der Waals surface area contributed by atoms with Crippen LogP contribution in [0.15, 0.2) is 12.1 Å². The van der Waals surface area contributed by atoms with Gasteiger partial charge in [0.15, 0.2) is 17.3 Å². The summed E-state index contributed by atoms with van der Waals surface area (Å²) in [5.41, 5.74) is -0.556. The third-order valence-electron chi connectivity index (χ3n) is 1.63. The van der Waals surface area contributed by atoms with Crippen LogP contribution in [0, 0.1) is 11.6 Å². The Bertz CT molecular complexity index is 348. The van der Waals surface area contributed by atoms with E-state index in [4.69, 9.17) is 0 Å². The van der Waals surface area contributed by atoms with Gasteiger partial charge in [-0.25, -0.2) is 8.78 Å². The molecule has 0 N–H and O–H groups in total. The van der Waals surface area contributed by atoms with Crippen molar-refractivity contribution in [3.05, 3.63) is 29.3 Å². The average molecular weight is 186 g/mol. The molecule has 0 fully saturated rings. The van der Waals surface area contributed by atoms with Gasteiger partial charge in [0.1, 0.15) is 5.82 Å². The van der Waals surface area contributed by atoms with Crippen LogP contribution in [0.1, 0.15) is 17.3 Å². The lowest BCUT2D eigenvalue weighted by Crippen LogP contribution is -2.03. The number of methoxy groups -OCH3 is 1. The third kappa shape index (κ3) is 1.66. The van der Waals surface area contributed by atoms with Gasteiger partial charge in [-0.1, -0.05) is 0 Å². The van der Waals surface area contributed by atoms with Crippen LogP contribution in [-0.4, -0.2) is 12.9 Å². The number of hydrogen-bond donors (Lipinski definition) is 0. The lowest BCUT2D eigenvalue weighted by atomic mass is 10.1. The predicted octanol–water partition coefficient (Wildman–Crippen LogP) is 2.18. The molecule has 4 heteroatoms. The van der Waals surface area contributed by atoms with Gasteiger partial charge in [0, 0.05) is 0 Å². The largest absolute Gasteiger partial charge is 0.494 e. The lowest BCUT2D eigenvalue weighted by molar-refractivity contribution is 0.100. The van der Waals surface area contributed by atoms with Crippen LogP contribution in [0.4, 0.5) is 8.78 Å². The van der Waals surface area contributed by atoms with Crippen molar-refractivity contribution >= 4 is 5.78 Å². The zero-order chi connectivity index (χ0) is 10.0. The summed E-state index contributed by atoms with van der Waals surface area (Å²) in [6.07, 6.45) is 0. The maximum absolute atomic E-state index is 13.2. The van der Waals surface area contributed by atoms with E-state index in [2.05, 4.69) is 4.74 Å². The molecule has 2 nitrogen and oxygen atoms in total. The molecule has 0 unspecified atom stereocenters. The molecule has 0 spiro atoms. The minimum atomic E-state index is -0.949. The first-order valence-corrected chi connectivity index (χ1v) is 3.61. The van der Waals surface area contributed by atoms with Gasteiger partial charge in [-0.3, -0.25) is 4.79 Å². The number of carbonyl (C=O) groups excluding carboxylic acids is 1. The van der Waals surface area contributed by atoms with Gasteiger partial charge < -0.3 is 4.74 Å². The van der Waals surface area contributed by atoms with Crippen molar-refractivity contribution in [3.63, 3.8) is 0 Å². The van der Waals surface area contributed by atoms with Crippen LogP contribution in [0.5, 0.6) is 5.75 Å². The van der Waals surface area contributed by atoms with Gasteiger partial charge in [0.05, 0.1) is 12.7 Å². The second kappa shape index (κ2) is 3.51. The van der Waals surface area contributed by atoms with E-state index in [9.17, 15) is 13.6 Å². The minimum Gasteiger partial charge on any atom is -0.494 e. The van der Waals surface area contributed by atoms with Crippen molar-refractivity contribution in [3.8, 4) is 5.75 Å². The molecule has 1 aromatic rings. The van der Waals surface area contributed by atoms with Gasteiger partial charge in [-0.2, -0.15) is 0 Å². The molecule has 0 saturated carbocycles. The number of carbonyl (C=O) groups is 1. The molecule has 0 aliphatic heterocycles. The number of hydrogen-bond acceptors (Lipinski definition) is 2. The maximum atomic E-state index is 13.2. The zero-order valence-corrected chi connectivity index (χ0v) is 7.23. The van der Waals surface area contributed by atoms with Crippen LogP contribution < -0.4 is 4.74 Å². The second-order valence-electron chi connectivity index (χ2n) is 2.49. The number of ketones is 1. The molecule has 0 aromatic heterocycles. The Morgan fingerprint density at radius 1 is 1.38 bits per heavy atom. The van der Waals surface area contributed by atoms with Crippen LogP contribution in [0.2, 0.25) is 0 Å². The summed E-state index contributed by atoms with van der Waals surface area (Å²) >= 11 is 0. The van der Waals surface area contributed by atoms with Crippen molar-refractivity contribution in [1.29, 1.82) is 0 Å². The highest BCUT2D eigenvalue weighted by Gasteiger charge is 2.17. The Morgan fingerprint density at radius 2 is 2.00 bits per heavy atom. The molecule has 70 valence electrons. The van der Waals surface area contributed by atoms with Crippen molar-refractivity contribution in [2.45, 2.75) is 6.92 Å². The third-order valence-corrected chi connectivity index (χ3v) is 1.63. The first-order chi connectivity index (χ1) is 6.07. The Balaban J connectivity index is 3.38. The SMILES string of the molecule is COc1ccc(F)c(C(C)=O)c1F. The fourth-order valence-electron chi connectivity index (χ4n) is 1.01. The number of Topliss-reactive ketones (excluding diaryl/α,β-unsaturated/α-hetero) is 1. The van der Waals surface area contributed by atoms with E-state index in [0.29, 0.717) is 0 Å². The van der Waals surface area contributed by atoms with Gasteiger partial charge in [-0.15, -0.1) is 0 Å². The van der Waals surface area contributed by atoms with Crippen LogP contribution in [0.3, 0.4) is 0 Å². The zero-order valence-electron chi connectivity index (χ0n) is 7.23. The average Bonchev–Trinajstić information content (AvgIpc) is 2.04. The number of rotatable bonds is 2. The fourth-order valence-corrected chi connectivity index (χ4v) is 1.01. The van der Waals surface area contributed by atoms with Crippen LogP contribution >= 0.6 is 0 Å². The topological polar surface area (TPSA) is 26.3 Å². The summed E-state index contributed by atoms with van der Waals surface area (Å²) in [5.74, 6) is -2.61. The number of benzene rings is 1. The van der Waals surface area contributed by atoms with Gasteiger partial charge in [0.2, 0.25) is 0 Å². The monoisotopic (exact) mass is 186 g/mol. The van der Waals surface area contributed by atoms with E-state index >= 15 is 0 Å². The van der Waals surface area contributed by atoms with Gasteiger partial charge in [0.25, 0.3) is 0 Å². The number of halogens is 2. The normalized spacial score (nSPS) is 9.85. The van der Waals surface area contributed by atoms with Gasteiger partial charge >= 0.3 is 0 Å². The molecule has 0 radical (unpaired) electrons. The molecule has 0 saturated heterocycles. The van der Waals surface area contributed by atoms with Crippen molar-refractivity contribution in [2.75, 3.05) is 7.11 Å². The highest BCUT2D eigenvalue weighted by atomic mass is 19.1. The van der Waals surface area contributed by atoms with Crippen molar-refractivity contribution in [2.24, 2.45) is 0 Å². The smallest absolute Gasteiger partial charge is 0.178 e. The Labute approximate surface area is 74.1 Å². The molecular formula is C9H8F2O2. The fraction of sp³-hybridized carbons (Fsp3) is 0.222. The highest BCUT2D eigenvalue weighted by molar-refractivity contribution is 5.95. The summed E-state index contributed by atoms with van der Waals surface area (Å²) < 4.78 is 30.7. The van der Waals surface area contributed by atoms with E-state index in [1.807, 2.05) is 0 Å². The molecule has 1 aromatic carbocycles. The van der Waals surface area contributed by atoms with Crippen molar-refractivity contribution < 1.29 is 18.3 Å². The Kier molecular flexibility index (Phi) is 2.60. The highest BCUT2D eigenvalue weighted by Crippen LogP contribution is 2.22. The van der Waals surface area contributed by atoms with Crippen molar-refractivity contribution in [1.82, 2.24) is 0 Å². The van der Waals surface area contributed by atoms with E-state index in [-0.39, 0.29) is 5.75 Å². The van der Waals surface area contributed by atoms with E-state index in [1.54, 1.807) is 0 Å². The molecule has 0 amide bonds. The molecule has 0 atom stereocenters. The number of ether oxygens (including phenoxy) is 1. The predicted molar refractivity (Wildman–Crippen MR) is 42.9 cm³/mol. The summed E-state index contributed by atoms with van der Waals surface area (Å²) in [6, 6.07) is 2.13. The standard InChI is InChI=1S/C9H8F2O2/c1-5(12)8-6(10)3-4-7(13-2)9(8)11/h3-4H,1-2H3. The summed E-state index contributed by atoms with van der Waals surface area (Å²) in [6.45, 7) is 1.10. The Hall–Kier alpha value is -1.45. The minimum absolute atomic E-state index is 0.133. The molecular weight excluding hydrogens is 178 g/mol. The quantitative estimate of drug-likeness (QED) is 0.661. The maximum Gasteiger partial charge on any atom is 0.178 e. The van der Waals surface area contributed by atoms with Crippen LogP contribution in [-0.2, 0) is 0 Å². The van der Waals surface area contributed by atoms with E-state index in [0.717, 1.165) is 19.1 Å². The molecule has 0 aliphatic carbocycles. The molecule has 0 heterocycles. The lowest BCUT2D eigenvalue weighted by Gasteiger charge is -2.05. The summed E-state index contributed by atoms with van der Waals surface area (Å²) in [4.78, 5) is 10.8. The van der Waals surface area contributed by atoms with E-state index in [1.165, 1.54) is 7.11 Å². The molecule has 13 heavy (non-hydrogen) atoms. The second-order valence-corrected chi connectivity index (χ2v) is 2.49. The summed E-state index contributed by atoms with van der Waals surface area (Å²) in [7, 11) is 1.25. The first-order valence-electron chi connectivity index (χ1n) is 3.61. The molecule has 0 bridgehead atoms. The van der Waals surface area contributed by atoms with Gasteiger partial charge in [-0.05, 0) is 19.1 Å². The molecule has 0 aliphatic rings. The molecule has 1 rings (SSSR count). The summed E-state index contributed by atoms with van der Waals surface area (Å²) in [5, 5.41) is 0. The Morgan fingerprint density at radius 3 is 2.46 bits per heavy atom.